The number of carboxylic acids is 1. The molecule has 0 spiro atoms. The summed E-state index contributed by atoms with van der Waals surface area (Å²) in [7, 11) is 1.73. The molecule has 27 heavy (non-hydrogen) atoms. The first-order valence-electron chi connectivity index (χ1n) is 8.08. The van der Waals surface area contributed by atoms with E-state index in [-0.39, 0.29) is 22.7 Å². The van der Waals surface area contributed by atoms with Gasteiger partial charge in [0, 0.05) is 23.3 Å². The van der Waals surface area contributed by atoms with E-state index in [1.54, 1.807) is 49.0 Å². The second-order valence-electron chi connectivity index (χ2n) is 6.07. The maximum atomic E-state index is 12.4. The smallest absolute Gasteiger partial charge is 0.341 e. The first kappa shape index (κ1) is 18.7. The number of nitrogens with one attached hydrogen (secondary N) is 1. The number of aryl methyl sites for hydroxylation is 2. The van der Waals surface area contributed by atoms with E-state index in [0.717, 1.165) is 5.69 Å². The van der Waals surface area contributed by atoms with Gasteiger partial charge in [-0.2, -0.15) is 5.10 Å². The Morgan fingerprint density at radius 2 is 1.96 bits per heavy atom. The molecule has 9 heteroatoms. The van der Waals surface area contributed by atoms with E-state index in [4.69, 9.17) is 16.1 Å². The van der Waals surface area contributed by atoms with Crippen LogP contribution in [0.5, 0.6) is 0 Å². The molecule has 0 bridgehead atoms. The van der Waals surface area contributed by atoms with Crippen molar-refractivity contribution in [1.29, 1.82) is 0 Å². The third kappa shape index (κ3) is 3.70. The van der Waals surface area contributed by atoms with Crippen molar-refractivity contribution < 1.29 is 19.2 Å². The van der Waals surface area contributed by atoms with Crippen LogP contribution in [-0.2, 0) is 7.05 Å². The normalized spacial score (nSPS) is 12.0. The number of hydrogen-bond acceptors (Lipinski definition) is 5. The molecule has 0 fully saturated rings. The minimum Gasteiger partial charge on any atom is -0.477 e. The quantitative estimate of drug-likeness (QED) is 0.694. The molecule has 0 aliphatic heterocycles. The zero-order chi connectivity index (χ0) is 19.7. The van der Waals surface area contributed by atoms with Crippen molar-refractivity contribution in [3.63, 3.8) is 0 Å². The van der Waals surface area contributed by atoms with Crippen LogP contribution in [0.3, 0.4) is 0 Å². The SMILES string of the molecule is Cc1cc(C(=O)NC(C)c2onc(-c3ccc(Cl)cc3)c2C(=O)O)nn1C. The molecule has 0 saturated carbocycles. The van der Waals surface area contributed by atoms with Crippen LogP contribution in [0.15, 0.2) is 34.9 Å². The molecule has 0 aliphatic carbocycles. The van der Waals surface area contributed by atoms with Crippen molar-refractivity contribution >= 4 is 23.5 Å². The molecule has 3 rings (SSSR count). The third-order valence-electron chi connectivity index (χ3n) is 4.14. The number of hydrogen-bond donors (Lipinski definition) is 2. The summed E-state index contributed by atoms with van der Waals surface area (Å²) in [5.41, 5.74) is 1.66. The summed E-state index contributed by atoms with van der Waals surface area (Å²) in [6.45, 7) is 3.44. The van der Waals surface area contributed by atoms with Crippen molar-refractivity contribution in [2.24, 2.45) is 7.05 Å². The van der Waals surface area contributed by atoms with E-state index in [1.807, 2.05) is 6.92 Å². The maximum Gasteiger partial charge on any atom is 0.341 e. The molecule has 3 aromatic rings. The van der Waals surface area contributed by atoms with Crippen LogP contribution in [-0.4, -0.2) is 31.9 Å². The van der Waals surface area contributed by atoms with Crippen LogP contribution in [0, 0.1) is 6.92 Å². The molecule has 2 heterocycles. The average molecular weight is 389 g/mol. The first-order valence-corrected chi connectivity index (χ1v) is 8.46. The van der Waals surface area contributed by atoms with Gasteiger partial charge in [-0.25, -0.2) is 4.79 Å². The lowest BCUT2D eigenvalue weighted by molar-refractivity contribution is 0.0692. The van der Waals surface area contributed by atoms with Crippen LogP contribution in [0.4, 0.5) is 0 Å². The van der Waals surface area contributed by atoms with E-state index < -0.39 is 17.9 Å². The molecule has 2 aromatic heterocycles. The van der Waals surface area contributed by atoms with Gasteiger partial charge in [0.1, 0.15) is 17.0 Å². The predicted octanol–water partition coefficient (Wildman–Crippen LogP) is 3.23. The summed E-state index contributed by atoms with van der Waals surface area (Å²) in [5, 5.41) is 20.8. The molecule has 0 radical (unpaired) electrons. The van der Waals surface area contributed by atoms with Crippen LogP contribution in [0.1, 0.15) is 45.3 Å². The summed E-state index contributed by atoms with van der Waals surface area (Å²) >= 11 is 5.87. The molecule has 1 atom stereocenters. The highest BCUT2D eigenvalue weighted by Gasteiger charge is 2.28. The number of aromatic carboxylic acids is 1. The van der Waals surface area contributed by atoms with Gasteiger partial charge in [0.15, 0.2) is 5.76 Å². The molecular weight excluding hydrogens is 372 g/mol. The highest BCUT2D eigenvalue weighted by molar-refractivity contribution is 6.30. The van der Waals surface area contributed by atoms with Gasteiger partial charge in [0.05, 0.1) is 6.04 Å². The Balaban J connectivity index is 1.90. The number of benzene rings is 1. The first-order chi connectivity index (χ1) is 12.8. The largest absolute Gasteiger partial charge is 0.477 e. The summed E-state index contributed by atoms with van der Waals surface area (Å²) in [5.74, 6) is -1.59. The van der Waals surface area contributed by atoms with Gasteiger partial charge in [-0.3, -0.25) is 9.48 Å². The molecule has 1 unspecified atom stereocenters. The Morgan fingerprint density at radius 3 is 2.52 bits per heavy atom. The molecular formula is C18H17ClN4O4. The number of nitrogens with zero attached hydrogens (tertiary/aromatic N) is 3. The summed E-state index contributed by atoms with van der Waals surface area (Å²) < 4.78 is 6.84. The van der Waals surface area contributed by atoms with Crippen molar-refractivity contribution in [3.8, 4) is 11.3 Å². The fourth-order valence-electron chi connectivity index (χ4n) is 2.62. The summed E-state index contributed by atoms with van der Waals surface area (Å²) in [4.78, 5) is 24.2. The van der Waals surface area contributed by atoms with E-state index in [0.29, 0.717) is 10.6 Å². The van der Waals surface area contributed by atoms with Crippen molar-refractivity contribution in [1.82, 2.24) is 20.3 Å². The summed E-state index contributed by atoms with van der Waals surface area (Å²) in [6, 6.07) is 7.47. The lowest BCUT2D eigenvalue weighted by Gasteiger charge is -2.10. The second kappa shape index (κ2) is 7.24. The Bertz CT molecular complexity index is 988. The van der Waals surface area contributed by atoms with Gasteiger partial charge in [-0.15, -0.1) is 0 Å². The Hall–Kier alpha value is -3.13. The van der Waals surface area contributed by atoms with E-state index in [9.17, 15) is 14.7 Å². The van der Waals surface area contributed by atoms with Gasteiger partial charge in [0.25, 0.3) is 5.91 Å². The van der Waals surface area contributed by atoms with E-state index in [1.165, 1.54) is 0 Å². The summed E-state index contributed by atoms with van der Waals surface area (Å²) in [6.07, 6.45) is 0. The Labute approximate surface area is 159 Å². The predicted molar refractivity (Wildman–Crippen MR) is 97.7 cm³/mol. The number of halogens is 1. The van der Waals surface area contributed by atoms with Crippen molar-refractivity contribution in [2.45, 2.75) is 19.9 Å². The molecule has 1 aromatic carbocycles. The minimum atomic E-state index is -1.20. The molecule has 8 nitrogen and oxygen atoms in total. The fraction of sp³-hybridized carbons (Fsp3) is 0.222. The zero-order valence-corrected chi connectivity index (χ0v) is 15.6. The zero-order valence-electron chi connectivity index (χ0n) is 14.9. The Morgan fingerprint density at radius 1 is 1.30 bits per heavy atom. The number of carbonyl (C=O) groups excluding carboxylic acids is 1. The van der Waals surface area contributed by atoms with Crippen LogP contribution < -0.4 is 5.32 Å². The number of carbonyl (C=O) groups is 2. The monoisotopic (exact) mass is 388 g/mol. The molecule has 0 aliphatic rings. The highest BCUT2D eigenvalue weighted by Crippen LogP contribution is 2.30. The van der Waals surface area contributed by atoms with Crippen LogP contribution in [0.25, 0.3) is 11.3 Å². The second-order valence-corrected chi connectivity index (χ2v) is 6.51. The lowest BCUT2D eigenvalue weighted by atomic mass is 10.0. The van der Waals surface area contributed by atoms with Crippen molar-refractivity contribution in [2.75, 3.05) is 0 Å². The molecule has 140 valence electrons. The molecule has 0 saturated heterocycles. The van der Waals surface area contributed by atoms with Gasteiger partial charge < -0.3 is 14.9 Å². The third-order valence-corrected chi connectivity index (χ3v) is 4.39. The van der Waals surface area contributed by atoms with Crippen LogP contribution in [0.2, 0.25) is 5.02 Å². The van der Waals surface area contributed by atoms with Gasteiger partial charge >= 0.3 is 5.97 Å². The standard InChI is InChI=1S/C18H17ClN4O4/c1-9-8-13(21-23(9)3)17(24)20-10(2)16-14(18(25)26)15(22-27-16)11-4-6-12(19)7-5-11/h4-8,10H,1-3H3,(H,20,24)(H,25,26). The van der Waals surface area contributed by atoms with Gasteiger partial charge in [0.2, 0.25) is 0 Å². The fourth-order valence-corrected chi connectivity index (χ4v) is 2.74. The van der Waals surface area contributed by atoms with E-state index >= 15 is 0 Å². The van der Waals surface area contributed by atoms with E-state index in [2.05, 4.69) is 15.6 Å². The molecule has 2 N–H and O–H groups in total. The number of rotatable bonds is 5. The minimum absolute atomic E-state index is 0.0495. The van der Waals surface area contributed by atoms with Crippen molar-refractivity contribution in [3.05, 3.63) is 58.1 Å². The Kier molecular flexibility index (Phi) is 5.00. The molecule has 1 amide bonds. The van der Waals surface area contributed by atoms with Gasteiger partial charge in [-0.1, -0.05) is 28.9 Å². The lowest BCUT2D eigenvalue weighted by Crippen LogP contribution is -2.27. The number of carboxylic acid groups (broad SMARTS) is 1. The van der Waals surface area contributed by atoms with Gasteiger partial charge in [-0.05, 0) is 32.0 Å². The average Bonchev–Trinajstić information content (AvgIpc) is 3.20. The highest BCUT2D eigenvalue weighted by atomic mass is 35.5. The maximum absolute atomic E-state index is 12.4. The van der Waals surface area contributed by atoms with Crippen LogP contribution >= 0.6 is 11.6 Å². The number of aromatic nitrogens is 3. The topological polar surface area (TPSA) is 110 Å². The number of amides is 1.